The van der Waals surface area contributed by atoms with Crippen molar-refractivity contribution in [3.05, 3.63) is 51.2 Å². The van der Waals surface area contributed by atoms with Crippen molar-refractivity contribution < 1.29 is 8.78 Å². The third kappa shape index (κ3) is 2.15. The van der Waals surface area contributed by atoms with Gasteiger partial charge >= 0.3 is 0 Å². The first-order valence-corrected chi connectivity index (χ1v) is 5.93. The lowest BCUT2D eigenvalue weighted by molar-refractivity contribution is 0.576. The molecule has 0 radical (unpaired) electrons. The highest BCUT2D eigenvalue weighted by atomic mass is 79.9. The van der Waals surface area contributed by atoms with Crippen LogP contribution in [-0.4, -0.2) is 4.98 Å². The fourth-order valence-electron chi connectivity index (χ4n) is 1.30. The minimum absolute atomic E-state index is 0.212. The first kappa shape index (κ1) is 11.7. The molecule has 0 N–H and O–H groups in total. The summed E-state index contributed by atoms with van der Waals surface area (Å²) in [6, 6.07) is 6.42. The summed E-state index contributed by atoms with van der Waals surface area (Å²) >= 11 is 6.11. The van der Waals surface area contributed by atoms with Crippen molar-refractivity contribution in [1.82, 2.24) is 4.98 Å². The number of hydrogen-bond acceptors (Lipinski definition) is 1. The van der Waals surface area contributed by atoms with Gasteiger partial charge in [-0.25, -0.2) is 9.37 Å². The van der Waals surface area contributed by atoms with Gasteiger partial charge in [-0.15, -0.1) is 0 Å². The SMILES string of the molecule is Fc1ncc(-c2cccc(Br)c2F)cc1Br. The number of hydrogen-bond donors (Lipinski definition) is 0. The molecule has 0 aliphatic rings. The fourth-order valence-corrected chi connectivity index (χ4v) is 2.01. The largest absolute Gasteiger partial charge is 0.227 e. The van der Waals surface area contributed by atoms with Crippen LogP contribution in [0.15, 0.2) is 39.4 Å². The van der Waals surface area contributed by atoms with Crippen molar-refractivity contribution in [2.24, 2.45) is 0 Å². The molecule has 0 unspecified atom stereocenters. The van der Waals surface area contributed by atoms with E-state index >= 15 is 0 Å². The van der Waals surface area contributed by atoms with Crippen LogP contribution in [-0.2, 0) is 0 Å². The highest BCUT2D eigenvalue weighted by molar-refractivity contribution is 9.10. The van der Waals surface area contributed by atoms with E-state index in [2.05, 4.69) is 36.8 Å². The van der Waals surface area contributed by atoms with E-state index in [1.807, 2.05) is 0 Å². The number of halogens is 4. The monoisotopic (exact) mass is 347 g/mol. The maximum absolute atomic E-state index is 13.7. The van der Waals surface area contributed by atoms with Gasteiger partial charge in [-0.2, -0.15) is 4.39 Å². The molecule has 0 bridgehead atoms. The van der Waals surface area contributed by atoms with Gasteiger partial charge in [0.1, 0.15) is 5.82 Å². The first-order valence-electron chi connectivity index (χ1n) is 4.35. The molecule has 82 valence electrons. The summed E-state index contributed by atoms with van der Waals surface area (Å²) < 4.78 is 27.2. The van der Waals surface area contributed by atoms with Gasteiger partial charge in [0.05, 0.1) is 8.95 Å². The third-order valence-corrected chi connectivity index (χ3v) is 3.23. The Morgan fingerprint density at radius 1 is 1.06 bits per heavy atom. The fraction of sp³-hybridized carbons (Fsp3) is 0. The van der Waals surface area contributed by atoms with Crippen LogP contribution in [0, 0.1) is 11.8 Å². The standard InChI is InChI=1S/C11H5Br2F2N/c12-8-3-1-2-7(10(8)14)6-4-9(13)11(15)16-5-6/h1-5H. The Hall–Kier alpha value is -0.810. The van der Waals surface area contributed by atoms with Gasteiger partial charge in [0.25, 0.3) is 0 Å². The summed E-state index contributed by atoms with van der Waals surface area (Å²) in [5, 5.41) is 0. The van der Waals surface area contributed by atoms with Gasteiger partial charge < -0.3 is 0 Å². The van der Waals surface area contributed by atoms with Gasteiger partial charge in [0, 0.05) is 17.3 Å². The Morgan fingerprint density at radius 3 is 2.50 bits per heavy atom. The molecule has 0 atom stereocenters. The normalized spacial score (nSPS) is 10.5. The van der Waals surface area contributed by atoms with E-state index in [9.17, 15) is 8.78 Å². The molecule has 1 nitrogen and oxygen atoms in total. The molecule has 0 saturated heterocycles. The van der Waals surface area contributed by atoms with Gasteiger partial charge in [0.2, 0.25) is 5.95 Å². The summed E-state index contributed by atoms with van der Waals surface area (Å²) in [5.41, 5.74) is 0.898. The maximum atomic E-state index is 13.7. The lowest BCUT2D eigenvalue weighted by Crippen LogP contribution is -1.90. The molecular weight excluding hydrogens is 344 g/mol. The van der Waals surface area contributed by atoms with E-state index in [1.165, 1.54) is 12.3 Å². The van der Waals surface area contributed by atoms with E-state index in [0.717, 1.165) is 0 Å². The van der Waals surface area contributed by atoms with Crippen molar-refractivity contribution >= 4 is 31.9 Å². The van der Waals surface area contributed by atoms with Crippen LogP contribution in [0.25, 0.3) is 11.1 Å². The van der Waals surface area contributed by atoms with Gasteiger partial charge in [-0.3, -0.25) is 0 Å². The molecular formula is C11H5Br2F2N. The van der Waals surface area contributed by atoms with E-state index < -0.39 is 5.95 Å². The Morgan fingerprint density at radius 2 is 1.81 bits per heavy atom. The second-order valence-electron chi connectivity index (χ2n) is 3.10. The van der Waals surface area contributed by atoms with Gasteiger partial charge in [-0.1, -0.05) is 12.1 Å². The predicted octanol–water partition coefficient (Wildman–Crippen LogP) is 4.55. The zero-order valence-corrected chi connectivity index (χ0v) is 11.0. The molecule has 1 aromatic heterocycles. The molecule has 0 amide bonds. The van der Waals surface area contributed by atoms with Crippen LogP contribution < -0.4 is 0 Å². The van der Waals surface area contributed by atoms with Crippen molar-refractivity contribution in [2.45, 2.75) is 0 Å². The van der Waals surface area contributed by atoms with Gasteiger partial charge in [-0.05, 0) is 44.0 Å². The quantitative estimate of drug-likeness (QED) is 0.689. The van der Waals surface area contributed by atoms with E-state index in [1.54, 1.807) is 18.2 Å². The Labute approximate surface area is 108 Å². The summed E-state index contributed by atoms with van der Waals surface area (Å²) in [6.07, 6.45) is 1.30. The van der Waals surface area contributed by atoms with E-state index in [-0.39, 0.29) is 10.3 Å². The molecule has 0 aliphatic carbocycles. The predicted molar refractivity (Wildman–Crippen MR) is 65.0 cm³/mol. The second kappa shape index (κ2) is 4.59. The van der Waals surface area contributed by atoms with E-state index in [0.29, 0.717) is 15.6 Å². The summed E-state index contributed by atoms with van der Waals surface area (Å²) in [6.45, 7) is 0. The molecule has 16 heavy (non-hydrogen) atoms. The minimum Gasteiger partial charge on any atom is -0.227 e. The van der Waals surface area contributed by atoms with Crippen LogP contribution in [0.4, 0.5) is 8.78 Å². The Balaban J connectivity index is 2.59. The zero-order valence-electron chi connectivity index (χ0n) is 7.85. The van der Waals surface area contributed by atoms with Crippen LogP contribution in [0.5, 0.6) is 0 Å². The summed E-state index contributed by atoms with van der Waals surface area (Å²) in [5.74, 6) is -0.998. The molecule has 2 rings (SSSR count). The highest BCUT2D eigenvalue weighted by Crippen LogP contribution is 2.29. The number of rotatable bonds is 1. The summed E-state index contributed by atoms with van der Waals surface area (Å²) in [4.78, 5) is 3.53. The lowest BCUT2D eigenvalue weighted by atomic mass is 10.1. The average Bonchev–Trinajstić information content (AvgIpc) is 2.26. The van der Waals surface area contributed by atoms with Crippen LogP contribution >= 0.6 is 31.9 Å². The van der Waals surface area contributed by atoms with Crippen molar-refractivity contribution in [3.63, 3.8) is 0 Å². The van der Waals surface area contributed by atoms with Crippen molar-refractivity contribution in [1.29, 1.82) is 0 Å². The second-order valence-corrected chi connectivity index (χ2v) is 4.81. The number of pyridine rings is 1. The maximum Gasteiger partial charge on any atom is 0.227 e. The zero-order chi connectivity index (χ0) is 11.7. The average molecular weight is 349 g/mol. The van der Waals surface area contributed by atoms with Gasteiger partial charge in [0.15, 0.2) is 0 Å². The van der Waals surface area contributed by atoms with Crippen molar-refractivity contribution in [2.75, 3.05) is 0 Å². The molecule has 1 aromatic carbocycles. The molecule has 0 aliphatic heterocycles. The number of benzene rings is 1. The molecule has 0 spiro atoms. The van der Waals surface area contributed by atoms with Crippen molar-refractivity contribution in [3.8, 4) is 11.1 Å². The minimum atomic E-state index is -0.612. The molecule has 0 saturated carbocycles. The Bertz CT molecular complexity index is 544. The smallest absolute Gasteiger partial charge is 0.227 e. The van der Waals surface area contributed by atoms with Crippen LogP contribution in [0.1, 0.15) is 0 Å². The number of nitrogens with zero attached hydrogens (tertiary/aromatic N) is 1. The highest BCUT2D eigenvalue weighted by Gasteiger charge is 2.10. The molecule has 1 heterocycles. The third-order valence-electron chi connectivity index (χ3n) is 2.06. The van der Waals surface area contributed by atoms with Crippen LogP contribution in [0.3, 0.4) is 0 Å². The number of aromatic nitrogens is 1. The lowest BCUT2D eigenvalue weighted by Gasteiger charge is -2.05. The molecule has 2 aromatic rings. The van der Waals surface area contributed by atoms with Crippen LogP contribution in [0.2, 0.25) is 0 Å². The van der Waals surface area contributed by atoms with E-state index in [4.69, 9.17) is 0 Å². The summed E-state index contributed by atoms with van der Waals surface area (Å²) in [7, 11) is 0. The molecule has 0 fully saturated rings. The Kier molecular flexibility index (Phi) is 3.35. The first-order chi connectivity index (χ1) is 7.59. The topological polar surface area (TPSA) is 12.9 Å². The molecule has 5 heteroatoms.